The van der Waals surface area contributed by atoms with Gasteiger partial charge in [0, 0.05) is 34.2 Å². The van der Waals surface area contributed by atoms with Crippen molar-refractivity contribution in [2.45, 2.75) is 19.4 Å². The van der Waals surface area contributed by atoms with Crippen LogP contribution in [-0.2, 0) is 16.0 Å². The Morgan fingerprint density at radius 3 is 2.87 bits per heavy atom. The van der Waals surface area contributed by atoms with Crippen molar-refractivity contribution in [1.29, 1.82) is 0 Å². The highest BCUT2D eigenvalue weighted by molar-refractivity contribution is 6.31. The third kappa shape index (κ3) is 3.12. The van der Waals surface area contributed by atoms with Gasteiger partial charge in [0.2, 0.25) is 0 Å². The van der Waals surface area contributed by atoms with E-state index in [-0.39, 0.29) is 0 Å². The number of carbonyl (C=O) groups is 1. The summed E-state index contributed by atoms with van der Waals surface area (Å²) >= 11 is 6.26. The second-order valence-corrected chi connectivity index (χ2v) is 8.11. The Labute approximate surface area is 184 Å². The van der Waals surface area contributed by atoms with Crippen LogP contribution in [-0.4, -0.2) is 29.8 Å². The summed E-state index contributed by atoms with van der Waals surface area (Å²) < 4.78 is 10.7. The zero-order chi connectivity index (χ0) is 21.7. The number of aliphatic hydroxyl groups is 1. The van der Waals surface area contributed by atoms with E-state index in [1.165, 1.54) is 12.7 Å². The number of aliphatic hydroxyl groups excluding tert-OH is 1. The van der Waals surface area contributed by atoms with Crippen molar-refractivity contribution >= 4 is 39.2 Å². The van der Waals surface area contributed by atoms with Crippen molar-refractivity contribution in [1.82, 2.24) is 4.98 Å². The molecule has 5 nitrogen and oxygen atoms in total. The molecule has 1 atom stereocenters. The van der Waals surface area contributed by atoms with Gasteiger partial charge in [0.25, 0.3) is 0 Å². The van der Waals surface area contributed by atoms with Crippen molar-refractivity contribution < 1.29 is 19.4 Å². The van der Waals surface area contributed by atoms with Crippen LogP contribution in [0.2, 0.25) is 5.02 Å². The van der Waals surface area contributed by atoms with Crippen LogP contribution in [0.4, 0.5) is 0 Å². The number of nitrogens with zero attached hydrogens (tertiary/aromatic N) is 1. The van der Waals surface area contributed by atoms with Crippen LogP contribution in [0.5, 0.6) is 5.75 Å². The Balaban J connectivity index is 1.93. The van der Waals surface area contributed by atoms with Gasteiger partial charge in [-0.2, -0.15) is 0 Å². The molecule has 0 fully saturated rings. The summed E-state index contributed by atoms with van der Waals surface area (Å²) in [5, 5.41) is 14.3. The van der Waals surface area contributed by atoms with Crippen molar-refractivity contribution in [3.05, 3.63) is 70.4 Å². The molecule has 5 rings (SSSR count). The number of ether oxygens (including phenoxy) is 2. The lowest BCUT2D eigenvalue weighted by Crippen LogP contribution is -2.16. The van der Waals surface area contributed by atoms with Gasteiger partial charge in [-0.25, -0.2) is 4.79 Å². The number of rotatable bonds is 3. The zero-order valence-corrected chi connectivity index (χ0v) is 17.9. The smallest absolute Gasteiger partial charge is 0.339 e. The Bertz CT molecular complexity index is 1350. The molecule has 1 aliphatic heterocycles. The number of aryl methyl sites for hydroxylation is 1. The van der Waals surface area contributed by atoms with E-state index in [2.05, 4.69) is 4.98 Å². The van der Waals surface area contributed by atoms with Gasteiger partial charge >= 0.3 is 5.97 Å². The number of hydrogen-bond donors (Lipinski definition) is 1. The maximum absolute atomic E-state index is 12.3. The van der Waals surface area contributed by atoms with E-state index in [0.717, 1.165) is 50.5 Å². The predicted octanol–water partition coefficient (Wildman–Crippen LogP) is 5.16. The highest BCUT2D eigenvalue weighted by atomic mass is 35.5. The monoisotopic (exact) mass is 433 g/mol. The summed E-state index contributed by atoms with van der Waals surface area (Å²) in [6.07, 6.45) is 1.17. The minimum atomic E-state index is -1.43. The number of pyridine rings is 1. The molecule has 0 bridgehead atoms. The number of esters is 1. The maximum atomic E-state index is 12.3. The molecule has 1 aromatic heterocycles. The molecule has 0 unspecified atom stereocenters. The lowest BCUT2D eigenvalue weighted by atomic mass is 9.86. The van der Waals surface area contributed by atoms with E-state index >= 15 is 0 Å². The number of methoxy groups -OCH3 is 1. The lowest BCUT2D eigenvalue weighted by Gasteiger charge is -2.23. The zero-order valence-electron chi connectivity index (χ0n) is 17.1. The van der Waals surface area contributed by atoms with E-state index in [1.54, 1.807) is 12.3 Å². The predicted molar refractivity (Wildman–Crippen MR) is 121 cm³/mol. The summed E-state index contributed by atoms with van der Waals surface area (Å²) in [5.74, 6) is 0.0832. The Morgan fingerprint density at radius 1 is 1.23 bits per heavy atom. The molecule has 1 aliphatic rings. The Morgan fingerprint density at radius 2 is 2.06 bits per heavy atom. The number of halogens is 1. The van der Waals surface area contributed by atoms with Crippen molar-refractivity contribution in [3.8, 4) is 16.9 Å². The van der Waals surface area contributed by atoms with E-state index in [9.17, 15) is 9.90 Å². The molecule has 1 N–H and O–H groups in total. The normalized spacial score (nSPS) is 13.8. The number of hydrogen-bond acceptors (Lipinski definition) is 5. The number of benzene rings is 3. The average molecular weight is 434 g/mol. The van der Waals surface area contributed by atoms with Crippen LogP contribution in [0.15, 0.2) is 48.7 Å². The van der Waals surface area contributed by atoms with Gasteiger partial charge in [-0.3, -0.25) is 4.98 Å². The van der Waals surface area contributed by atoms with Crippen molar-refractivity contribution in [2.24, 2.45) is 0 Å². The highest BCUT2D eigenvalue weighted by Crippen LogP contribution is 2.44. The van der Waals surface area contributed by atoms with Crippen LogP contribution in [0.3, 0.4) is 0 Å². The Kier molecular flexibility index (Phi) is 4.80. The fraction of sp³-hybridized carbons (Fsp3) is 0.200. The molecule has 0 spiro atoms. The molecule has 0 saturated carbocycles. The maximum Gasteiger partial charge on any atom is 0.339 e. The molecule has 0 radical (unpaired) electrons. The first-order chi connectivity index (χ1) is 15.0. The first-order valence-corrected chi connectivity index (χ1v) is 10.4. The van der Waals surface area contributed by atoms with Gasteiger partial charge in [0.05, 0.1) is 19.2 Å². The van der Waals surface area contributed by atoms with Gasteiger partial charge in [0.1, 0.15) is 5.75 Å². The highest BCUT2D eigenvalue weighted by Gasteiger charge is 2.28. The van der Waals surface area contributed by atoms with E-state index < -0.39 is 12.1 Å². The molecule has 0 aliphatic carbocycles. The number of fused-ring (bicyclic) bond motifs is 1. The summed E-state index contributed by atoms with van der Waals surface area (Å²) in [6, 6.07) is 13.4. The molecule has 156 valence electrons. The second-order valence-electron chi connectivity index (χ2n) is 7.68. The molecule has 4 aromatic rings. The minimum absolute atomic E-state index is 0.501. The first-order valence-electron chi connectivity index (χ1n) is 10.0. The lowest BCUT2D eigenvalue weighted by molar-refractivity contribution is -0.150. The van der Waals surface area contributed by atoms with Gasteiger partial charge in [-0.15, -0.1) is 0 Å². The largest absolute Gasteiger partial charge is 0.493 e. The van der Waals surface area contributed by atoms with Crippen molar-refractivity contribution in [2.75, 3.05) is 13.7 Å². The van der Waals surface area contributed by atoms with Crippen LogP contribution in [0.1, 0.15) is 22.8 Å². The molecule has 3 aromatic carbocycles. The van der Waals surface area contributed by atoms with Gasteiger partial charge in [-0.1, -0.05) is 23.7 Å². The van der Waals surface area contributed by atoms with Crippen LogP contribution in [0.25, 0.3) is 32.8 Å². The summed E-state index contributed by atoms with van der Waals surface area (Å²) in [4.78, 5) is 17.0. The van der Waals surface area contributed by atoms with Gasteiger partial charge < -0.3 is 14.6 Å². The third-order valence-corrected chi connectivity index (χ3v) is 6.12. The van der Waals surface area contributed by atoms with E-state index in [1.807, 2.05) is 43.3 Å². The third-order valence-electron chi connectivity index (χ3n) is 5.89. The summed E-state index contributed by atoms with van der Waals surface area (Å²) in [6.45, 7) is 2.50. The van der Waals surface area contributed by atoms with Crippen LogP contribution in [0, 0.1) is 6.92 Å². The van der Waals surface area contributed by atoms with Gasteiger partial charge in [-0.05, 0) is 64.7 Å². The second kappa shape index (κ2) is 7.52. The summed E-state index contributed by atoms with van der Waals surface area (Å²) in [7, 11) is 1.27. The molecule has 2 heterocycles. The molecule has 6 heteroatoms. The number of carbonyl (C=O) groups excluding carboxylic acids is 1. The standard InChI is InChI=1S/C25H20ClNO4/c1-13-11-15-12-16(26)3-4-17(15)22(20(13)24(28)25(29)30-2)18-5-6-19-21-14(8-10-31-19)7-9-27-23(18)21/h3-7,9,11-12,24,28H,8,10H2,1-2H3/t24-/m0/s1. The molecular weight excluding hydrogens is 414 g/mol. The van der Waals surface area contributed by atoms with Crippen LogP contribution < -0.4 is 4.74 Å². The van der Waals surface area contributed by atoms with E-state index in [0.29, 0.717) is 17.2 Å². The number of aromatic nitrogens is 1. The van der Waals surface area contributed by atoms with Gasteiger partial charge in [0.15, 0.2) is 6.10 Å². The van der Waals surface area contributed by atoms with E-state index in [4.69, 9.17) is 21.1 Å². The van der Waals surface area contributed by atoms with Crippen LogP contribution >= 0.6 is 11.6 Å². The SMILES string of the molecule is COC(=O)[C@@H](O)c1c(C)cc2cc(Cl)ccc2c1-c1ccc2c3c(ccnc13)CCO2. The van der Waals surface area contributed by atoms with Crippen molar-refractivity contribution in [3.63, 3.8) is 0 Å². The Hall–Kier alpha value is -3.15. The first kappa shape index (κ1) is 19.8. The fourth-order valence-corrected chi connectivity index (χ4v) is 4.69. The summed E-state index contributed by atoms with van der Waals surface area (Å²) in [5.41, 5.74) is 4.77. The molecule has 0 amide bonds. The topological polar surface area (TPSA) is 68.7 Å². The molecule has 31 heavy (non-hydrogen) atoms. The minimum Gasteiger partial charge on any atom is -0.493 e. The quantitative estimate of drug-likeness (QED) is 0.452. The average Bonchev–Trinajstić information content (AvgIpc) is 2.78. The molecular formula is C25H20ClNO4. The fourth-order valence-electron chi connectivity index (χ4n) is 4.51. The molecule has 0 saturated heterocycles.